The Morgan fingerprint density at radius 3 is 2.63 bits per heavy atom. The molecule has 0 bridgehead atoms. The molecule has 2 heterocycles. The van der Waals surface area contributed by atoms with Crippen molar-refractivity contribution in [3.05, 3.63) is 77.0 Å². The summed E-state index contributed by atoms with van der Waals surface area (Å²) < 4.78 is 5.01. The fourth-order valence-electron chi connectivity index (χ4n) is 4.53. The Bertz CT molecular complexity index is 1030. The highest BCUT2D eigenvalue weighted by molar-refractivity contribution is 5.95. The minimum Gasteiger partial charge on any atom is -0.368 e. The molecule has 1 amide bonds. The third-order valence-electron chi connectivity index (χ3n) is 6.37. The Balaban J connectivity index is 1.32. The second-order valence-corrected chi connectivity index (χ2v) is 8.48. The molecule has 2 fully saturated rings. The van der Waals surface area contributed by atoms with Crippen LogP contribution in [-0.4, -0.2) is 29.1 Å². The first-order valence-electron chi connectivity index (χ1n) is 10.9. The van der Waals surface area contributed by atoms with Crippen LogP contribution in [0.15, 0.2) is 59.2 Å². The van der Waals surface area contributed by atoms with Gasteiger partial charge in [-0.05, 0) is 66.9 Å². The zero-order valence-corrected chi connectivity index (χ0v) is 17.1. The van der Waals surface area contributed by atoms with Crippen LogP contribution >= 0.6 is 0 Å². The molecule has 2 N–H and O–H groups in total. The SMILES string of the molecule is Nc1cc(C2CCN(C(=O)c3ccc(C4=CCC=CC=C4)c(C4CC4)c3)CC2)no1. The fourth-order valence-corrected chi connectivity index (χ4v) is 4.53. The topological polar surface area (TPSA) is 72.4 Å². The maximum absolute atomic E-state index is 13.2. The van der Waals surface area contributed by atoms with Crippen molar-refractivity contribution < 1.29 is 9.32 Å². The second-order valence-electron chi connectivity index (χ2n) is 8.48. The number of benzene rings is 1. The van der Waals surface area contributed by atoms with E-state index < -0.39 is 0 Å². The number of rotatable bonds is 4. The van der Waals surface area contributed by atoms with Gasteiger partial charge in [0.1, 0.15) is 0 Å². The fraction of sp³-hybridized carbons (Fsp3) is 0.360. The van der Waals surface area contributed by atoms with Gasteiger partial charge in [0.25, 0.3) is 5.91 Å². The lowest BCUT2D eigenvalue weighted by Crippen LogP contribution is -2.38. The van der Waals surface area contributed by atoms with E-state index >= 15 is 0 Å². The number of amides is 1. The Morgan fingerprint density at radius 2 is 1.90 bits per heavy atom. The van der Waals surface area contributed by atoms with Crippen LogP contribution in [0.25, 0.3) is 5.57 Å². The molecule has 0 radical (unpaired) electrons. The third-order valence-corrected chi connectivity index (χ3v) is 6.37. The Hall–Kier alpha value is -3.08. The highest BCUT2D eigenvalue weighted by atomic mass is 16.5. The zero-order valence-electron chi connectivity index (χ0n) is 17.1. The van der Waals surface area contributed by atoms with Crippen molar-refractivity contribution in [3.8, 4) is 0 Å². The van der Waals surface area contributed by atoms with E-state index in [1.54, 1.807) is 6.07 Å². The average molecular weight is 402 g/mol. The van der Waals surface area contributed by atoms with Gasteiger partial charge in [0, 0.05) is 30.6 Å². The summed E-state index contributed by atoms with van der Waals surface area (Å²) in [6.07, 6.45) is 15.9. The molecule has 30 heavy (non-hydrogen) atoms. The van der Waals surface area contributed by atoms with E-state index in [0.717, 1.165) is 43.6 Å². The van der Waals surface area contributed by atoms with Gasteiger partial charge in [-0.15, -0.1) is 0 Å². The maximum atomic E-state index is 13.2. The molecular formula is C25H27N3O2. The smallest absolute Gasteiger partial charge is 0.253 e. The summed E-state index contributed by atoms with van der Waals surface area (Å²) in [5.74, 6) is 1.38. The van der Waals surface area contributed by atoms with Crippen LogP contribution in [-0.2, 0) is 0 Å². The molecule has 0 spiro atoms. The molecule has 154 valence electrons. The molecule has 2 aliphatic carbocycles. The van der Waals surface area contributed by atoms with Gasteiger partial charge in [-0.1, -0.05) is 41.6 Å². The Labute approximate surface area is 176 Å². The van der Waals surface area contributed by atoms with Gasteiger partial charge in [0.05, 0.1) is 5.69 Å². The molecule has 5 rings (SSSR count). The van der Waals surface area contributed by atoms with Gasteiger partial charge in [-0.3, -0.25) is 4.79 Å². The minimum absolute atomic E-state index is 0.133. The molecule has 1 saturated carbocycles. The lowest BCUT2D eigenvalue weighted by molar-refractivity contribution is 0.0711. The third kappa shape index (κ3) is 3.84. The van der Waals surface area contributed by atoms with Crippen molar-refractivity contribution in [2.45, 2.75) is 43.9 Å². The quantitative estimate of drug-likeness (QED) is 0.778. The summed E-state index contributed by atoms with van der Waals surface area (Å²) in [6.45, 7) is 1.46. The molecule has 5 nitrogen and oxygen atoms in total. The van der Waals surface area contributed by atoms with Crippen molar-refractivity contribution in [1.29, 1.82) is 0 Å². The van der Waals surface area contributed by atoms with Crippen LogP contribution in [0.1, 0.15) is 71.1 Å². The normalized spacial score (nSPS) is 19.6. The lowest BCUT2D eigenvalue weighted by Gasteiger charge is -2.31. The van der Waals surface area contributed by atoms with Gasteiger partial charge in [-0.2, -0.15) is 0 Å². The van der Waals surface area contributed by atoms with E-state index in [-0.39, 0.29) is 5.91 Å². The predicted molar refractivity (Wildman–Crippen MR) is 118 cm³/mol. The number of piperidine rings is 1. The summed E-state index contributed by atoms with van der Waals surface area (Å²) in [5.41, 5.74) is 11.2. The first kappa shape index (κ1) is 18.9. The van der Waals surface area contributed by atoms with Crippen molar-refractivity contribution in [2.75, 3.05) is 18.8 Å². The number of nitrogens with two attached hydrogens (primary N) is 1. The van der Waals surface area contributed by atoms with E-state index in [4.69, 9.17) is 10.3 Å². The zero-order chi connectivity index (χ0) is 20.5. The van der Waals surface area contributed by atoms with E-state index in [1.165, 1.54) is 29.5 Å². The molecule has 1 aromatic carbocycles. The molecule has 3 aliphatic rings. The van der Waals surface area contributed by atoms with Gasteiger partial charge in [-0.25, -0.2) is 0 Å². The molecule has 2 aromatic rings. The van der Waals surface area contributed by atoms with Gasteiger partial charge in [0.2, 0.25) is 5.88 Å². The Morgan fingerprint density at radius 1 is 1.07 bits per heavy atom. The van der Waals surface area contributed by atoms with Crippen LogP contribution in [0.4, 0.5) is 5.88 Å². The van der Waals surface area contributed by atoms with E-state index in [1.807, 2.05) is 11.0 Å². The number of nitrogen functional groups attached to an aromatic ring is 1. The summed E-state index contributed by atoms with van der Waals surface area (Å²) in [7, 11) is 0. The first-order valence-corrected chi connectivity index (χ1v) is 10.9. The number of aromatic nitrogens is 1. The standard InChI is InChI=1S/C25H27N3O2/c26-24-16-23(27-30-24)19-11-13-28(14-12-19)25(29)20-9-10-21(22(15-20)18-7-8-18)17-5-3-1-2-4-6-17/h1-3,5-6,9-10,15-16,18-19H,4,7-8,11-14,26H2. The van der Waals surface area contributed by atoms with Crippen LogP contribution in [0.3, 0.4) is 0 Å². The van der Waals surface area contributed by atoms with Crippen LogP contribution in [0.5, 0.6) is 0 Å². The number of nitrogens with zero attached hydrogens (tertiary/aromatic N) is 2. The number of carbonyl (C=O) groups excluding carboxylic acids is 1. The lowest BCUT2D eigenvalue weighted by atomic mass is 9.91. The van der Waals surface area contributed by atoms with Gasteiger partial charge < -0.3 is 15.2 Å². The van der Waals surface area contributed by atoms with E-state index in [9.17, 15) is 4.79 Å². The average Bonchev–Trinajstić information content (AvgIpc) is 3.58. The number of hydrogen-bond donors (Lipinski definition) is 1. The second kappa shape index (κ2) is 7.98. The molecule has 0 atom stereocenters. The number of allylic oxidation sites excluding steroid dienone is 6. The summed E-state index contributed by atoms with van der Waals surface area (Å²) in [6, 6.07) is 8.09. The van der Waals surface area contributed by atoms with Crippen molar-refractivity contribution >= 4 is 17.4 Å². The highest BCUT2D eigenvalue weighted by Crippen LogP contribution is 2.44. The predicted octanol–water partition coefficient (Wildman–Crippen LogP) is 5.05. The monoisotopic (exact) mass is 401 g/mol. The number of anilines is 1. The molecule has 0 unspecified atom stereocenters. The highest BCUT2D eigenvalue weighted by Gasteiger charge is 2.30. The molecule has 1 aliphatic heterocycles. The molecule has 1 aromatic heterocycles. The maximum Gasteiger partial charge on any atom is 0.253 e. The molecule has 5 heteroatoms. The number of hydrogen-bond acceptors (Lipinski definition) is 4. The van der Waals surface area contributed by atoms with Crippen molar-refractivity contribution in [2.24, 2.45) is 0 Å². The number of carbonyl (C=O) groups is 1. The minimum atomic E-state index is 0.133. The number of likely N-dealkylation sites (tertiary alicyclic amines) is 1. The van der Waals surface area contributed by atoms with Gasteiger partial charge >= 0.3 is 0 Å². The Kier molecular flexibility index (Phi) is 5.03. The summed E-state index contributed by atoms with van der Waals surface area (Å²) in [5, 5.41) is 4.05. The van der Waals surface area contributed by atoms with Crippen LogP contribution < -0.4 is 5.73 Å². The largest absolute Gasteiger partial charge is 0.368 e. The van der Waals surface area contributed by atoms with Gasteiger partial charge in [0.15, 0.2) is 0 Å². The molecule has 1 saturated heterocycles. The first-order chi connectivity index (χ1) is 14.7. The summed E-state index contributed by atoms with van der Waals surface area (Å²) >= 11 is 0. The van der Waals surface area contributed by atoms with Crippen molar-refractivity contribution in [3.63, 3.8) is 0 Å². The van der Waals surface area contributed by atoms with Crippen LogP contribution in [0, 0.1) is 0 Å². The summed E-state index contributed by atoms with van der Waals surface area (Å²) in [4.78, 5) is 15.2. The molecular weight excluding hydrogens is 374 g/mol. The van der Waals surface area contributed by atoms with Crippen LogP contribution in [0.2, 0.25) is 0 Å². The van der Waals surface area contributed by atoms with E-state index in [0.29, 0.717) is 17.7 Å². The van der Waals surface area contributed by atoms with Crippen molar-refractivity contribution in [1.82, 2.24) is 10.1 Å². The van der Waals surface area contributed by atoms with E-state index in [2.05, 4.69) is 47.7 Å².